The number of rotatable bonds is 6. The van der Waals surface area contributed by atoms with Crippen LogP contribution < -0.4 is 15.5 Å². The number of benzene rings is 1. The molecule has 0 atom stereocenters. The number of aromatic nitrogens is 1. The summed E-state index contributed by atoms with van der Waals surface area (Å²) in [5, 5.41) is 5.41. The topological polar surface area (TPSA) is 77.6 Å². The van der Waals surface area contributed by atoms with Crippen LogP contribution in [-0.4, -0.2) is 61.5 Å². The van der Waals surface area contributed by atoms with E-state index in [-0.39, 0.29) is 18.4 Å². The Bertz CT molecular complexity index is 756. The van der Waals surface area contributed by atoms with Gasteiger partial charge in [-0.1, -0.05) is 24.3 Å². The maximum atomic E-state index is 11.9. The summed E-state index contributed by atoms with van der Waals surface area (Å²) in [5.74, 6) is 0.472. The summed E-state index contributed by atoms with van der Waals surface area (Å²) >= 11 is 0. The van der Waals surface area contributed by atoms with Crippen LogP contribution in [-0.2, 0) is 11.3 Å². The van der Waals surface area contributed by atoms with Crippen molar-refractivity contribution in [3.63, 3.8) is 0 Å². The van der Waals surface area contributed by atoms with Crippen LogP contribution in [0, 0.1) is 0 Å². The van der Waals surface area contributed by atoms with Crippen molar-refractivity contribution in [1.29, 1.82) is 0 Å². The van der Waals surface area contributed by atoms with Crippen molar-refractivity contribution in [3.8, 4) is 0 Å². The van der Waals surface area contributed by atoms with E-state index >= 15 is 0 Å². The van der Waals surface area contributed by atoms with Crippen LogP contribution in [0.2, 0.25) is 0 Å². The summed E-state index contributed by atoms with van der Waals surface area (Å²) in [6.45, 7) is 4.35. The normalized spacial score (nSPS) is 14.6. The van der Waals surface area contributed by atoms with E-state index < -0.39 is 0 Å². The number of likely N-dealkylation sites (N-methyl/N-ethyl adjacent to an activating group) is 1. The second-order valence-corrected chi connectivity index (χ2v) is 6.64. The molecule has 2 amide bonds. The molecular weight excluding hydrogens is 342 g/mol. The fraction of sp³-hybridized carbons (Fsp3) is 0.350. The maximum absolute atomic E-state index is 11.9. The Hall–Kier alpha value is -2.93. The Morgan fingerprint density at radius 1 is 1.00 bits per heavy atom. The molecule has 1 aromatic heterocycles. The van der Waals surface area contributed by atoms with Gasteiger partial charge in [0.25, 0.3) is 5.91 Å². The number of amides is 2. The standard InChI is InChI=1S/C20H25N5O2/c1-24-9-11-25(12-10-24)18-8-7-16(13-21-18)14-22-19(26)15-23-20(27)17-5-3-2-4-6-17/h2-8,13H,9-12,14-15H2,1H3,(H,22,26)(H,23,27). The van der Waals surface area contributed by atoms with E-state index in [0.29, 0.717) is 12.1 Å². The Kier molecular flexibility index (Phi) is 6.38. The first-order valence-corrected chi connectivity index (χ1v) is 9.10. The minimum atomic E-state index is -0.260. The highest BCUT2D eigenvalue weighted by atomic mass is 16.2. The first-order valence-electron chi connectivity index (χ1n) is 9.10. The van der Waals surface area contributed by atoms with Gasteiger partial charge in [0.2, 0.25) is 5.91 Å². The maximum Gasteiger partial charge on any atom is 0.251 e. The summed E-state index contributed by atoms with van der Waals surface area (Å²) in [7, 11) is 2.12. The van der Waals surface area contributed by atoms with Crippen molar-refractivity contribution in [2.45, 2.75) is 6.54 Å². The Balaban J connectivity index is 1.41. The van der Waals surface area contributed by atoms with E-state index in [1.165, 1.54) is 0 Å². The Morgan fingerprint density at radius 3 is 2.41 bits per heavy atom. The first-order chi connectivity index (χ1) is 13.1. The average Bonchev–Trinajstić information content (AvgIpc) is 2.72. The van der Waals surface area contributed by atoms with Gasteiger partial charge in [0.05, 0.1) is 6.54 Å². The third kappa shape index (κ3) is 5.52. The second-order valence-electron chi connectivity index (χ2n) is 6.64. The highest BCUT2D eigenvalue weighted by Crippen LogP contribution is 2.13. The zero-order valence-electron chi connectivity index (χ0n) is 15.5. The molecule has 7 nitrogen and oxygen atoms in total. The van der Waals surface area contributed by atoms with Crippen molar-refractivity contribution in [2.75, 3.05) is 44.7 Å². The molecule has 142 valence electrons. The largest absolute Gasteiger partial charge is 0.354 e. The lowest BCUT2D eigenvalue weighted by molar-refractivity contribution is -0.120. The van der Waals surface area contributed by atoms with Gasteiger partial charge < -0.3 is 20.4 Å². The predicted molar refractivity (Wildman–Crippen MR) is 105 cm³/mol. The van der Waals surface area contributed by atoms with Crippen molar-refractivity contribution in [3.05, 3.63) is 59.8 Å². The monoisotopic (exact) mass is 367 g/mol. The quantitative estimate of drug-likeness (QED) is 0.793. The molecule has 1 aliphatic heterocycles. The third-order valence-electron chi connectivity index (χ3n) is 4.57. The van der Waals surface area contributed by atoms with Crippen molar-refractivity contribution in [1.82, 2.24) is 20.5 Å². The number of anilines is 1. The number of carbonyl (C=O) groups excluding carboxylic acids is 2. The van der Waals surface area contributed by atoms with Crippen molar-refractivity contribution in [2.24, 2.45) is 0 Å². The number of carbonyl (C=O) groups is 2. The summed E-state index contributed by atoms with van der Waals surface area (Å²) in [6.07, 6.45) is 1.79. The molecular formula is C20H25N5O2. The summed E-state index contributed by atoms with van der Waals surface area (Å²) in [6, 6.07) is 12.8. The van der Waals surface area contributed by atoms with Crippen LogP contribution in [0.25, 0.3) is 0 Å². The van der Waals surface area contributed by atoms with Crippen molar-refractivity contribution >= 4 is 17.6 Å². The minimum absolute atomic E-state index is 0.0550. The highest BCUT2D eigenvalue weighted by Gasteiger charge is 2.15. The van der Waals surface area contributed by atoms with Gasteiger partial charge >= 0.3 is 0 Å². The molecule has 0 bridgehead atoms. The Morgan fingerprint density at radius 2 is 1.74 bits per heavy atom. The fourth-order valence-electron chi connectivity index (χ4n) is 2.86. The van der Waals surface area contributed by atoms with E-state index in [4.69, 9.17) is 0 Å². The molecule has 2 heterocycles. The van der Waals surface area contributed by atoms with Crippen molar-refractivity contribution < 1.29 is 9.59 Å². The van der Waals surface area contributed by atoms with Gasteiger partial charge in [-0.15, -0.1) is 0 Å². The summed E-state index contributed by atoms with van der Waals surface area (Å²) < 4.78 is 0. The molecule has 0 unspecified atom stereocenters. The average molecular weight is 367 g/mol. The molecule has 0 radical (unpaired) electrons. The van der Waals surface area contributed by atoms with Gasteiger partial charge in [0.15, 0.2) is 0 Å². The fourth-order valence-corrected chi connectivity index (χ4v) is 2.86. The van der Waals surface area contributed by atoms with E-state index in [2.05, 4.69) is 32.5 Å². The number of pyridine rings is 1. The van der Waals surface area contributed by atoms with Crippen LogP contribution in [0.4, 0.5) is 5.82 Å². The number of nitrogens with one attached hydrogen (secondary N) is 2. The van der Waals surface area contributed by atoms with E-state index in [9.17, 15) is 9.59 Å². The molecule has 0 saturated carbocycles. The lowest BCUT2D eigenvalue weighted by Gasteiger charge is -2.33. The molecule has 0 spiro atoms. The second kappa shape index (κ2) is 9.14. The van der Waals surface area contributed by atoms with Gasteiger partial charge in [0, 0.05) is 44.5 Å². The Labute approximate surface area is 159 Å². The summed E-state index contributed by atoms with van der Waals surface area (Å²) in [4.78, 5) is 32.9. The lowest BCUT2D eigenvalue weighted by Crippen LogP contribution is -2.44. The van der Waals surface area contributed by atoms with Gasteiger partial charge in [-0.05, 0) is 30.8 Å². The van der Waals surface area contributed by atoms with Crippen LogP contribution in [0.1, 0.15) is 15.9 Å². The number of nitrogens with zero attached hydrogens (tertiary/aromatic N) is 3. The lowest BCUT2D eigenvalue weighted by atomic mass is 10.2. The SMILES string of the molecule is CN1CCN(c2ccc(CNC(=O)CNC(=O)c3ccccc3)cn2)CC1. The molecule has 27 heavy (non-hydrogen) atoms. The van der Waals surface area contributed by atoms with Gasteiger partial charge in [-0.25, -0.2) is 4.98 Å². The first kappa shape index (κ1) is 18.8. The minimum Gasteiger partial charge on any atom is -0.354 e. The molecule has 0 aliphatic carbocycles. The zero-order chi connectivity index (χ0) is 19.1. The predicted octanol–water partition coefficient (Wildman–Crippen LogP) is 0.880. The molecule has 2 N–H and O–H groups in total. The molecule has 1 aliphatic rings. The number of hydrogen-bond donors (Lipinski definition) is 2. The smallest absolute Gasteiger partial charge is 0.251 e. The van der Waals surface area contributed by atoms with E-state index in [1.54, 1.807) is 30.5 Å². The number of piperazine rings is 1. The van der Waals surface area contributed by atoms with Gasteiger partial charge in [0.1, 0.15) is 5.82 Å². The van der Waals surface area contributed by atoms with Gasteiger partial charge in [-0.3, -0.25) is 9.59 Å². The third-order valence-corrected chi connectivity index (χ3v) is 4.57. The molecule has 2 aromatic rings. The van der Waals surface area contributed by atoms with Crippen LogP contribution in [0.3, 0.4) is 0 Å². The van der Waals surface area contributed by atoms with Crippen LogP contribution in [0.5, 0.6) is 0 Å². The van der Waals surface area contributed by atoms with E-state index in [0.717, 1.165) is 37.6 Å². The van der Waals surface area contributed by atoms with Crippen LogP contribution in [0.15, 0.2) is 48.7 Å². The van der Waals surface area contributed by atoms with E-state index in [1.807, 2.05) is 18.2 Å². The molecule has 1 saturated heterocycles. The number of hydrogen-bond acceptors (Lipinski definition) is 5. The molecule has 3 rings (SSSR count). The molecule has 7 heteroatoms. The molecule has 1 fully saturated rings. The highest BCUT2D eigenvalue weighted by molar-refractivity contribution is 5.96. The molecule has 1 aromatic carbocycles. The zero-order valence-corrected chi connectivity index (χ0v) is 15.5. The van der Waals surface area contributed by atoms with Crippen LogP contribution >= 0.6 is 0 Å². The summed E-state index contributed by atoms with van der Waals surface area (Å²) in [5.41, 5.74) is 1.46. The van der Waals surface area contributed by atoms with Gasteiger partial charge in [-0.2, -0.15) is 0 Å².